The minimum Gasteiger partial charge on any atom is -0.373 e. The van der Waals surface area contributed by atoms with Crippen molar-refractivity contribution in [3.8, 4) is 11.4 Å². The number of benzene rings is 1. The van der Waals surface area contributed by atoms with E-state index in [4.69, 9.17) is 0 Å². The van der Waals surface area contributed by atoms with Crippen molar-refractivity contribution in [2.45, 2.75) is 20.0 Å². The van der Waals surface area contributed by atoms with Crippen LogP contribution in [0.4, 0.5) is 19.0 Å². The molecule has 0 aliphatic rings. The zero-order valence-corrected chi connectivity index (χ0v) is 11.3. The molecule has 0 aliphatic heterocycles. The lowest BCUT2D eigenvalue weighted by Gasteiger charge is -2.11. The Morgan fingerprint density at radius 1 is 1.10 bits per heavy atom. The van der Waals surface area contributed by atoms with Crippen LogP contribution in [0.5, 0.6) is 0 Å². The lowest BCUT2D eigenvalue weighted by atomic mass is 10.1. The highest BCUT2D eigenvalue weighted by Gasteiger charge is 2.30. The predicted molar refractivity (Wildman–Crippen MR) is 71.5 cm³/mol. The molecule has 1 aromatic heterocycles. The normalized spacial score (nSPS) is 11.5. The van der Waals surface area contributed by atoms with Crippen LogP contribution in [0, 0.1) is 13.8 Å². The van der Waals surface area contributed by atoms with Crippen molar-refractivity contribution < 1.29 is 13.2 Å². The van der Waals surface area contributed by atoms with Gasteiger partial charge in [0.25, 0.3) is 0 Å². The summed E-state index contributed by atoms with van der Waals surface area (Å²) >= 11 is 0. The molecule has 0 aliphatic carbocycles. The van der Waals surface area contributed by atoms with Gasteiger partial charge in [0.15, 0.2) is 5.82 Å². The van der Waals surface area contributed by atoms with Crippen molar-refractivity contribution in [2.75, 3.05) is 12.4 Å². The first-order valence-electron chi connectivity index (χ1n) is 6.03. The fraction of sp³-hybridized carbons (Fsp3) is 0.286. The van der Waals surface area contributed by atoms with Crippen LogP contribution in [0.2, 0.25) is 0 Å². The van der Waals surface area contributed by atoms with Gasteiger partial charge in [0.1, 0.15) is 5.82 Å². The lowest BCUT2D eigenvalue weighted by Crippen LogP contribution is -2.06. The molecule has 0 atom stereocenters. The van der Waals surface area contributed by atoms with Crippen LogP contribution in [0.25, 0.3) is 11.4 Å². The van der Waals surface area contributed by atoms with Gasteiger partial charge >= 0.3 is 6.18 Å². The summed E-state index contributed by atoms with van der Waals surface area (Å²) in [5.41, 5.74) is 1.25. The standard InChI is InChI=1S/C14H14F3N3/c1-8-9(2)19-13(20-12(8)18-3)10-5-4-6-11(7-10)14(15,16)17/h4-7H,1-3H3,(H,18,19,20). The van der Waals surface area contributed by atoms with E-state index in [2.05, 4.69) is 15.3 Å². The minimum atomic E-state index is -4.37. The number of hydrogen-bond donors (Lipinski definition) is 1. The smallest absolute Gasteiger partial charge is 0.373 e. The summed E-state index contributed by atoms with van der Waals surface area (Å²) in [6, 6.07) is 5.02. The average molecular weight is 281 g/mol. The van der Waals surface area contributed by atoms with Gasteiger partial charge in [-0.2, -0.15) is 13.2 Å². The van der Waals surface area contributed by atoms with Crippen LogP contribution < -0.4 is 5.32 Å². The maximum Gasteiger partial charge on any atom is 0.416 e. The fourth-order valence-corrected chi connectivity index (χ4v) is 1.84. The maximum atomic E-state index is 12.7. The number of alkyl halides is 3. The molecule has 1 heterocycles. The summed E-state index contributed by atoms with van der Waals surface area (Å²) in [6.07, 6.45) is -4.37. The number of aryl methyl sites for hydroxylation is 1. The molecule has 2 rings (SSSR count). The molecule has 0 unspecified atom stereocenters. The van der Waals surface area contributed by atoms with Crippen molar-refractivity contribution in [1.29, 1.82) is 0 Å². The number of aromatic nitrogens is 2. The summed E-state index contributed by atoms with van der Waals surface area (Å²) < 4.78 is 38.2. The number of halogens is 3. The van der Waals surface area contributed by atoms with Gasteiger partial charge in [-0.1, -0.05) is 12.1 Å². The van der Waals surface area contributed by atoms with Crippen molar-refractivity contribution in [3.63, 3.8) is 0 Å². The molecule has 0 saturated heterocycles. The van der Waals surface area contributed by atoms with E-state index in [-0.39, 0.29) is 5.82 Å². The maximum absolute atomic E-state index is 12.7. The Hall–Kier alpha value is -2.11. The number of anilines is 1. The number of nitrogens with zero attached hydrogens (tertiary/aromatic N) is 2. The Morgan fingerprint density at radius 3 is 2.40 bits per heavy atom. The molecule has 3 nitrogen and oxygen atoms in total. The van der Waals surface area contributed by atoms with Gasteiger partial charge in [-0.3, -0.25) is 0 Å². The van der Waals surface area contributed by atoms with E-state index in [0.717, 1.165) is 23.4 Å². The van der Waals surface area contributed by atoms with E-state index in [1.807, 2.05) is 6.92 Å². The molecule has 20 heavy (non-hydrogen) atoms. The Labute approximate surface area is 114 Å². The predicted octanol–water partition coefficient (Wildman–Crippen LogP) is 3.82. The summed E-state index contributed by atoms with van der Waals surface area (Å²) in [4.78, 5) is 8.51. The molecule has 0 radical (unpaired) electrons. The first kappa shape index (κ1) is 14.3. The van der Waals surface area contributed by atoms with Gasteiger partial charge in [0.05, 0.1) is 5.56 Å². The van der Waals surface area contributed by atoms with Crippen LogP contribution in [0.15, 0.2) is 24.3 Å². The Balaban J connectivity index is 2.55. The van der Waals surface area contributed by atoms with Gasteiger partial charge in [0, 0.05) is 23.9 Å². The molecule has 2 aromatic rings. The van der Waals surface area contributed by atoms with E-state index < -0.39 is 11.7 Å². The summed E-state index contributed by atoms with van der Waals surface area (Å²) in [5, 5.41) is 2.92. The molecule has 0 saturated carbocycles. The largest absolute Gasteiger partial charge is 0.416 e. The van der Waals surface area contributed by atoms with E-state index in [0.29, 0.717) is 11.4 Å². The van der Waals surface area contributed by atoms with E-state index in [1.54, 1.807) is 20.0 Å². The number of nitrogens with one attached hydrogen (secondary N) is 1. The molecule has 1 N–H and O–H groups in total. The second kappa shape index (κ2) is 5.11. The molecule has 0 spiro atoms. The van der Waals surface area contributed by atoms with E-state index in [9.17, 15) is 13.2 Å². The van der Waals surface area contributed by atoms with E-state index >= 15 is 0 Å². The van der Waals surface area contributed by atoms with Gasteiger partial charge in [-0.25, -0.2) is 9.97 Å². The molecule has 0 amide bonds. The third-order valence-electron chi connectivity index (χ3n) is 3.07. The van der Waals surface area contributed by atoms with Gasteiger partial charge in [0.2, 0.25) is 0 Å². The minimum absolute atomic E-state index is 0.281. The second-order valence-electron chi connectivity index (χ2n) is 4.43. The topological polar surface area (TPSA) is 37.8 Å². The quantitative estimate of drug-likeness (QED) is 0.909. The number of hydrogen-bond acceptors (Lipinski definition) is 3. The molecule has 1 aromatic carbocycles. The molecular weight excluding hydrogens is 267 g/mol. The Morgan fingerprint density at radius 2 is 1.80 bits per heavy atom. The monoisotopic (exact) mass is 281 g/mol. The van der Waals surface area contributed by atoms with E-state index in [1.165, 1.54) is 6.07 Å². The van der Waals surface area contributed by atoms with Crippen molar-refractivity contribution in [3.05, 3.63) is 41.1 Å². The van der Waals surface area contributed by atoms with Crippen molar-refractivity contribution in [2.24, 2.45) is 0 Å². The Kier molecular flexibility index (Phi) is 3.65. The molecular formula is C14H14F3N3. The molecule has 106 valence electrons. The third kappa shape index (κ3) is 2.74. The first-order valence-corrected chi connectivity index (χ1v) is 6.03. The molecule has 0 bridgehead atoms. The van der Waals surface area contributed by atoms with Crippen LogP contribution >= 0.6 is 0 Å². The zero-order chi connectivity index (χ0) is 14.9. The van der Waals surface area contributed by atoms with Gasteiger partial charge in [-0.05, 0) is 26.0 Å². The third-order valence-corrected chi connectivity index (χ3v) is 3.07. The Bertz CT molecular complexity index is 636. The van der Waals surface area contributed by atoms with Crippen molar-refractivity contribution in [1.82, 2.24) is 9.97 Å². The number of rotatable bonds is 2. The molecule has 6 heteroatoms. The highest BCUT2D eigenvalue weighted by molar-refractivity contribution is 5.60. The zero-order valence-electron chi connectivity index (χ0n) is 11.3. The lowest BCUT2D eigenvalue weighted by molar-refractivity contribution is -0.137. The van der Waals surface area contributed by atoms with Crippen LogP contribution in [0.1, 0.15) is 16.8 Å². The summed E-state index contributed by atoms with van der Waals surface area (Å²) in [5.74, 6) is 0.897. The fourth-order valence-electron chi connectivity index (χ4n) is 1.84. The summed E-state index contributed by atoms with van der Waals surface area (Å²) in [6.45, 7) is 3.66. The summed E-state index contributed by atoms with van der Waals surface area (Å²) in [7, 11) is 1.71. The van der Waals surface area contributed by atoms with Crippen LogP contribution in [-0.4, -0.2) is 17.0 Å². The SMILES string of the molecule is CNc1nc(-c2cccc(C(F)(F)F)c2)nc(C)c1C. The average Bonchev–Trinajstić information content (AvgIpc) is 2.41. The van der Waals surface area contributed by atoms with Crippen molar-refractivity contribution >= 4 is 5.82 Å². The first-order chi connectivity index (χ1) is 9.32. The van der Waals surface area contributed by atoms with Crippen LogP contribution in [0.3, 0.4) is 0 Å². The van der Waals surface area contributed by atoms with Crippen LogP contribution in [-0.2, 0) is 6.18 Å². The highest BCUT2D eigenvalue weighted by Crippen LogP contribution is 2.31. The highest BCUT2D eigenvalue weighted by atomic mass is 19.4. The van der Waals surface area contributed by atoms with Gasteiger partial charge < -0.3 is 5.32 Å². The second-order valence-corrected chi connectivity index (χ2v) is 4.43. The molecule has 0 fully saturated rings. The van der Waals surface area contributed by atoms with Gasteiger partial charge in [-0.15, -0.1) is 0 Å².